The zero-order valence-electron chi connectivity index (χ0n) is 10.7. The third kappa shape index (κ3) is 2.68. The summed E-state index contributed by atoms with van der Waals surface area (Å²) in [6, 6.07) is 6.43. The summed E-state index contributed by atoms with van der Waals surface area (Å²) in [5.74, 6) is -1.00. The second-order valence-electron chi connectivity index (χ2n) is 4.41. The highest BCUT2D eigenvalue weighted by Crippen LogP contribution is 2.25. The molecule has 0 aliphatic carbocycles. The Kier molecular flexibility index (Phi) is 3.50. The second kappa shape index (κ2) is 5.32. The number of halogens is 2. The largest absolute Gasteiger partial charge is 0.365 e. The molecule has 1 aromatic carbocycles. The summed E-state index contributed by atoms with van der Waals surface area (Å²) >= 11 is 2.03. The maximum Gasteiger partial charge on any atom is 0.252 e. The summed E-state index contributed by atoms with van der Waals surface area (Å²) in [6.45, 7) is 0. The topological polar surface area (TPSA) is 72.4 Å². The van der Waals surface area contributed by atoms with E-state index in [2.05, 4.69) is 10.3 Å². The van der Waals surface area contributed by atoms with Gasteiger partial charge in [0.15, 0.2) is 0 Å². The Morgan fingerprint density at radius 1 is 1.33 bits per heavy atom. The van der Waals surface area contributed by atoms with Crippen molar-refractivity contribution < 1.29 is 9.18 Å². The minimum Gasteiger partial charge on any atom is -0.365 e. The highest BCUT2D eigenvalue weighted by atomic mass is 127. The van der Waals surface area contributed by atoms with Gasteiger partial charge in [-0.25, -0.2) is 9.37 Å². The summed E-state index contributed by atoms with van der Waals surface area (Å²) in [5, 5.41) is 2.90. The van der Waals surface area contributed by atoms with E-state index in [1.54, 1.807) is 41.2 Å². The lowest BCUT2D eigenvalue weighted by molar-refractivity contribution is 0.100. The van der Waals surface area contributed by atoms with Gasteiger partial charge in [-0.1, -0.05) is 0 Å². The van der Waals surface area contributed by atoms with Crippen molar-refractivity contribution in [1.82, 2.24) is 9.38 Å². The van der Waals surface area contributed by atoms with Gasteiger partial charge in [-0.05, 0) is 40.8 Å². The van der Waals surface area contributed by atoms with Crippen molar-refractivity contribution in [3.8, 4) is 0 Å². The number of pyridine rings is 1. The van der Waals surface area contributed by atoms with E-state index in [1.165, 1.54) is 6.07 Å². The number of aromatic nitrogens is 2. The fourth-order valence-electron chi connectivity index (χ4n) is 2.00. The number of carbonyl (C=O) groups is 1. The molecule has 7 heteroatoms. The van der Waals surface area contributed by atoms with Gasteiger partial charge >= 0.3 is 0 Å². The standard InChI is InChI=1S/C14H10FIN4O/c15-10-5-8(16)1-2-11(10)19-12-6-13-18-3-4-20(13)7-9(12)14(17)21/h1-7,19H,(H2,17,21). The minimum absolute atomic E-state index is 0.262. The van der Waals surface area contributed by atoms with Crippen LogP contribution in [0.25, 0.3) is 5.65 Å². The summed E-state index contributed by atoms with van der Waals surface area (Å²) in [4.78, 5) is 15.7. The van der Waals surface area contributed by atoms with Crippen LogP contribution in [-0.4, -0.2) is 15.3 Å². The van der Waals surface area contributed by atoms with E-state index >= 15 is 0 Å². The molecule has 0 spiro atoms. The van der Waals surface area contributed by atoms with Gasteiger partial charge in [0.1, 0.15) is 11.5 Å². The zero-order chi connectivity index (χ0) is 15.0. The summed E-state index contributed by atoms with van der Waals surface area (Å²) in [5.41, 5.74) is 6.97. The molecule has 3 aromatic rings. The lowest BCUT2D eigenvalue weighted by Gasteiger charge is -2.12. The lowest BCUT2D eigenvalue weighted by Crippen LogP contribution is -2.14. The summed E-state index contributed by atoms with van der Waals surface area (Å²) in [6.07, 6.45) is 4.88. The van der Waals surface area contributed by atoms with E-state index in [0.29, 0.717) is 11.3 Å². The molecule has 5 nitrogen and oxygen atoms in total. The Hall–Kier alpha value is -2.16. The first-order valence-corrected chi connectivity index (χ1v) is 7.11. The van der Waals surface area contributed by atoms with Gasteiger partial charge in [-0.15, -0.1) is 0 Å². The Balaban J connectivity index is 2.09. The summed E-state index contributed by atoms with van der Waals surface area (Å²) in [7, 11) is 0. The van der Waals surface area contributed by atoms with Crippen molar-refractivity contribution in [1.29, 1.82) is 0 Å². The van der Waals surface area contributed by atoms with Gasteiger partial charge in [-0.2, -0.15) is 0 Å². The van der Waals surface area contributed by atoms with Gasteiger partial charge in [0.2, 0.25) is 0 Å². The lowest BCUT2D eigenvalue weighted by atomic mass is 10.2. The van der Waals surface area contributed by atoms with Crippen LogP contribution in [0.15, 0.2) is 42.9 Å². The first-order chi connectivity index (χ1) is 10.0. The fourth-order valence-corrected chi connectivity index (χ4v) is 2.45. The van der Waals surface area contributed by atoms with Crippen LogP contribution in [0.5, 0.6) is 0 Å². The van der Waals surface area contributed by atoms with E-state index in [-0.39, 0.29) is 11.3 Å². The Morgan fingerprint density at radius 2 is 2.14 bits per heavy atom. The molecule has 0 aliphatic heterocycles. The number of carbonyl (C=O) groups excluding carboxylic acids is 1. The van der Waals surface area contributed by atoms with Crippen molar-refractivity contribution in [2.75, 3.05) is 5.32 Å². The number of primary amides is 1. The highest BCUT2D eigenvalue weighted by Gasteiger charge is 2.13. The number of hydrogen-bond acceptors (Lipinski definition) is 3. The quantitative estimate of drug-likeness (QED) is 0.669. The molecule has 0 atom stereocenters. The van der Waals surface area contributed by atoms with Crippen LogP contribution >= 0.6 is 22.6 Å². The maximum atomic E-state index is 13.9. The van der Waals surface area contributed by atoms with Crippen LogP contribution in [0.1, 0.15) is 10.4 Å². The van der Waals surface area contributed by atoms with Gasteiger partial charge in [0.05, 0.1) is 16.9 Å². The number of amides is 1. The smallest absolute Gasteiger partial charge is 0.252 e. The molecule has 2 aromatic heterocycles. The van der Waals surface area contributed by atoms with E-state index < -0.39 is 11.7 Å². The molecule has 0 saturated heterocycles. The van der Waals surface area contributed by atoms with Gasteiger partial charge in [0.25, 0.3) is 5.91 Å². The van der Waals surface area contributed by atoms with Crippen LogP contribution in [0, 0.1) is 9.39 Å². The maximum absolute atomic E-state index is 13.9. The molecule has 21 heavy (non-hydrogen) atoms. The number of fused-ring (bicyclic) bond motifs is 1. The monoisotopic (exact) mass is 396 g/mol. The molecule has 0 unspecified atom stereocenters. The average molecular weight is 396 g/mol. The van der Waals surface area contributed by atoms with Crippen LogP contribution in [0.3, 0.4) is 0 Å². The number of nitrogens with one attached hydrogen (secondary N) is 1. The van der Waals surface area contributed by atoms with E-state index in [0.717, 1.165) is 3.57 Å². The molecule has 0 fully saturated rings. The number of rotatable bonds is 3. The van der Waals surface area contributed by atoms with Gasteiger partial charge in [0, 0.05) is 28.2 Å². The highest BCUT2D eigenvalue weighted by molar-refractivity contribution is 14.1. The SMILES string of the molecule is NC(=O)c1cn2ccnc2cc1Nc1ccc(I)cc1F. The number of imidazole rings is 1. The van der Waals surface area contributed by atoms with Crippen molar-refractivity contribution in [2.45, 2.75) is 0 Å². The molecule has 2 heterocycles. The molecule has 1 amide bonds. The molecule has 0 aliphatic rings. The third-order valence-corrected chi connectivity index (χ3v) is 3.67. The Labute approximate surface area is 133 Å². The van der Waals surface area contributed by atoms with Gasteiger partial charge in [-0.3, -0.25) is 4.79 Å². The van der Waals surface area contributed by atoms with E-state index in [4.69, 9.17) is 5.73 Å². The predicted octanol–water partition coefficient (Wildman–Crippen LogP) is 2.92. The Bertz CT molecular complexity index is 846. The van der Waals surface area contributed by atoms with E-state index in [1.807, 2.05) is 22.6 Å². The molecule has 106 valence electrons. The van der Waals surface area contributed by atoms with Crippen LogP contribution in [0.4, 0.5) is 15.8 Å². The minimum atomic E-state index is -0.598. The normalized spacial score (nSPS) is 10.8. The molecule has 0 saturated carbocycles. The number of nitrogens with two attached hydrogens (primary N) is 1. The summed E-state index contributed by atoms with van der Waals surface area (Å²) < 4.78 is 16.4. The molecular weight excluding hydrogens is 386 g/mol. The number of hydrogen-bond donors (Lipinski definition) is 2. The van der Waals surface area contributed by atoms with Crippen molar-refractivity contribution >= 4 is 45.5 Å². The van der Waals surface area contributed by atoms with Crippen molar-refractivity contribution in [3.63, 3.8) is 0 Å². The van der Waals surface area contributed by atoms with Crippen LogP contribution < -0.4 is 11.1 Å². The molecule has 0 bridgehead atoms. The predicted molar refractivity (Wildman–Crippen MR) is 86.1 cm³/mol. The third-order valence-electron chi connectivity index (χ3n) is 3.00. The van der Waals surface area contributed by atoms with Crippen LogP contribution in [-0.2, 0) is 0 Å². The molecule has 3 rings (SSSR count). The molecular formula is C14H10FIN4O. The first kappa shape index (κ1) is 13.8. The van der Waals surface area contributed by atoms with E-state index in [9.17, 15) is 9.18 Å². The van der Waals surface area contributed by atoms with Crippen molar-refractivity contribution in [2.24, 2.45) is 5.73 Å². The van der Waals surface area contributed by atoms with Crippen molar-refractivity contribution in [3.05, 3.63) is 57.8 Å². The van der Waals surface area contributed by atoms with Crippen LogP contribution in [0.2, 0.25) is 0 Å². The average Bonchev–Trinajstić information content (AvgIpc) is 2.88. The fraction of sp³-hybridized carbons (Fsp3) is 0. The second-order valence-corrected chi connectivity index (χ2v) is 5.65. The van der Waals surface area contributed by atoms with Gasteiger partial charge < -0.3 is 15.5 Å². The molecule has 0 radical (unpaired) electrons. The number of anilines is 2. The molecule has 3 N–H and O–H groups in total. The zero-order valence-corrected chi connectivity index (χ0v) is 12.8. The number of benzene rings is 1. The Morgan fingerprint density at radius 3 is 2.86 bits per heavy atom. The first-order valence-electron chi connectivity index (χ1n) is 6.03. The number of nitrogens with zero attached hydrogens (tertiary/aromatic N) is 2.